The van der Waals surface area contributed by atoms with E-state index in [0.29, 0.717) is 6.61 Å². The molecule has 0 spiro atoms. The van der Waals surface area contributed by atoms with Gasteiger partial charge in [0, 0.05) is 6.54 Å². The maximum absolute atomic E-state index is 11.1. The molecule has 0 aromatic heterocycles. The smallest absolute Gasteiger partial charge is 0.294 e. The fourth-order valence-electron chi connectivity index (χ4n) is 3.22. The van der Waals surface area contributed by atoms with E-state index >= 15 is 0 Å². The van der Waals surface area contributed by atoms with Crippen LogP contribution in [-0.4, -0.2) is 44.1 Å². The molecule has 5 nitrogen and oxygen atoms in total. The molecule has 1 heterocycles. The first-order chi connectivity index (χ1) is 12.5. The van der Waals surface area contributed by atoms with Crippen LogP contribution >= 0.6 is 0 Å². The van der Waals surface area contributed by atoms with Gasteiger partial charge in [0.25, 0.3) is 10.1 Å². The zero-order chi connectivity index (χ0) is 18.4. The van der Waals surface area contributed by atoms with Crippen molar-refractivity contribution in [2.24, 2.45) is 0 Å². The Morgan fingerprint density at radius 2 is 1.38 bits per heavy atom. The Kier molecular flexibility index (Phi) is 6.29. The van der Waals surface area contributed by atoms with Gasteiger partial charge < -0.3 is 4.74 Å². The summed E-state index contributed by atoms with van der Waals surface area (Å²) >= 11 is 0. The van der Waals surface area contributed by atoms with Crippen LogP contribution in [0.3, 0.4) is 0 Å². The van der Waals surface area contributed by atoms with Gasteiger partial charge in [-0.2, -0.15) is 8.42 Å². The predicted octanol–water partition coefficient (Wildman–Crippen LogP) is 3.86. The summed E-state index contributed by atoms with van der Waals surface area (Å²) in [6.07, 6.45) is 5.24. The Balaban J connectivity index is 1.54. The maximum atomic E-state index is 11.1. The molecule has 0 saturated carbocycles. The topological polar surface area (TPSA) is 66.8 Å². The van der Waals surface area contributed by atoms with Crippen LogP contribution in [0.1, 0.15) is 25.7 Å². The Hall–Kier alpha value is -1.89. The third kappa shape index (κ3) is 5.30. The average Bonchev–Trinajstić information content (AvgIpc) is 2.91. The minimum Gasteiger partial charge on any atom is -0.492 e. The molecule has 0 bridgehead atoms. The molecule has 1 aliphatic heterocycles. The second-order valence-corrected chi connectivity index (χ2v) is 8.05. The van der Waals surface area contributed by atoms with Crippen LogP contribution in [0, 0.1) is 0 Å². The van der Waals surface area contributed by atoms with Gasteiger partial charge in [-0.25, -0.2) is 0 Å². The molecule has 0 amide bonds. The maximum Gasteiger partial charge on any atom is 0.294 e. The summed E-state index contributed by atoms with van der Waals surface area (Å²) in [7, 11) is -4.15. The number of benzene rings is 2. The summed E-state index contributed by atoms with van der Waals surface area (Å²) in [4.78, 5) is 2.37. The highest BCUT2D eigenvalue weighted by atomic mass is 32.2. The summed E-state index contributed by atoms with van der Waals surface area (Å²) in [6, 6.07) is 13.9. The van der Waals surface area contributed by atoms with E-state index in [9.17, 15) is 8.42 Å². The molecule has 0 radical (unpaired) electrons. The second kappa shape index (κ2) is 8.66. The number of ether oxygens (including phenoxy) is 1. The molecule has 0 atom stereocenters. The van der Waals surface area contributed by atoms with Crippen molar-refractivity contribution in [3.05, 3.63) is 48.5 Å². The lowest BCUT2D eigenvalue weighted by molar-refractivity contribution is 0.214. The monoisotopic (exact) mass is 375 g/mol. The van der Waals surface area contributed by atoms with Crippen LogP contribution in [0.4, 0.5) is 0 Å². The summed E-state index contributed by atoms with van der Waals surface area (Å²) in [5.74, 6) is 0.832. The first-order valence-electron chi connectivity index (χ1n) is 9.05. The lowest BCUT2D eigenvalue weighted by atomic mass is 10.1. The molecule has 1 N–H and O–H groups in total. The lowest BCUT2D eigenvalue weighted by Crippen LogP contribution is -2.29. The van der Waals surface area contributed by atoms with E-state index in [0.717, 1.165) is 23.4 Å². The van der Waals surface area contributed by atoms with Crippen molar-refractivity contribution < 1.29 is 17.7 Å². The van der Waals surface area contributed by atoms with E-state index < -0.39 is 10.1 Å². The zero-order valence-electron chi connectivity index (χ0n) is 14.8. The van der Waals surface area contributed by atoms with Crippen molar-refractivity contribution in [2.45, 2.75) is 30.6 Å². The highest BCUT2D eigenvalue weighted by Crippen LogP contribution is 2.24. The van der Waals surface area contributed by atoms with E-state index in [-0.39, 0.29) is 4.90 Å². The Labute approximate surface area is 155 Å². The number of hydrogen-bond acceptors (Lipinski definition) is 4. The van der Waals surface area contributed by atoms with E-state index in [2.05, 4.69) is 4.90 Å². The van der Waals surface area contributed by atoms with Crippen molar-refractivity contribution in [1.29, 1.82) is 0 Å². The van der Waals surface area contributed by atoms with Crippen molar-refractivity contribution in [3.63, 3.8) is 0 Å². The minimum atomic E-state index is -4.15. The first-order valence-corrected chi connectivity index (χ1v) is 10.5. The summed E-state index contributed by atoms with van der Waals surface area (Å²) < 4.78 is 37.1. The Morgan fingerprint density at radius 3 is 1.92 bits per heavy atom. The molecule has 2 aromatic rings. The molecule has 26 heavy (non-hydrogen) atoms. The fraction of sp³-hybridized carbons (Fsp3) is 0.400. The van der Waals surface area contributed by atoms with E-state index in [1.165, 1.54) is 50.9 Å². The van der Waals surface area contributed by atoms with Gasteiger partial charge in [0.15, 0.2) is 0 Å². The molecule has 1 aliphatic rings. The molecule has 0 aliphatic carbocycles. The van der Waals surface area contributed by atoms with Gasteiger partial charge in [-0.1, -0.05) is 37.1 Å². The van der Waals surface area contributed by atoms with Crippen molar-refractivity contribution in [1.82, 2.24) is 4.90 Å². The summed E-state index contributed by atoms with van der Waals surface area (Å²) in [5, 5.41) is 0. The Morgan fingerprint density at radius 1 is 0.846 bits per heavy atom. The molecule has 6 heteroatoms. The van der Waals surface area contributed by atoms with Crippen molar-refractivity contribution in [2.75, 3.05) is 26.2 Å². The largest absolute Gasteiger partial charge is 0.492 e. The average molecular weight is 375 g/mol. The number of hydrogen-bond donors (Lipinski definition) is 1. The standard InChI is InChI=1S/C20H25NO4S/c22-26(23,24)20-11-7-18(8-12-20)17-5-9-19(10-6-17)25-16-15-21-13-3-1-2-4-14-21/h5-12H,1-4,13-16H2,(H,22,23,24). The quantitative estimate of drug-likeness (QED) is 0.777. The molecular formula is C20H25NO4S. The third-order valence-corrected chi connectivity index (χ3v) is 5.58. The Bertz CT molecular complexity index is 793. The van der Waals surface area contributed by atoms with Gasteiger partial charge in [-0.3, -0.25) is 9.45 Å². The van der Waals surface area contributed by atoms with Crippen LogP contribution in [0.15, 0.2) is 53.4 Å². The van der Waals surface area contributed by atoms with Gasteiger partial charge in [0.2, 0.25) is 0 Å². The van der Waals surface area contributed by atoms with E-state index in [1.807, 2.05) is 24.3 Å². The van der Waals surface area contributed by atoms with E-state index in [4.69, 9.17) is 9.29 Å². The first kappa shape index (κ1) is 18.9. The predicted molar refractivity (Wildman–Crippen MR) is 102 cm³/mol. The van der Waals surface area contributed by atoms with Crippen molar-refractivity contribution >= 4 is 10.1 Å². The highest BCUT2D eigenvalue weighted by molar-refractivity contribution is 7.85. The van der Waals surface area contributed by atoms with Crippen molar-refractivity contribution in [3.8, 4) is 16.9 Å². The van der Waals surface area contributed by atoms with Gasteiger partial charge >= 0.3 is 0 Å². The van der Waals surface area contributed by atoms with Gasteiger partial charge in [-0.05, 0) is 61.3 Å². The number of rotatable bonds is 6. The summed E-state index contributed by atoms with van der Waals surface area (Å²) in [6.45, 7) is 3.98. The van der Waals surface area contributed by atoms with Gasteiger partial charge in [0.05, 0.1) is 4.90 Å². The molecule has 3 rings (SSSR count). The normalized spacial score (nSPS) is 16.2. The molecule has 0 unspecified atom stereocenters. The number of likely N-dealkylation sites (tertiary alicyclic amines) is 1. The van der Waals surface area contributed by atoms with Crippen LogP contribution in [0.5, 0.6) is 5.75 Å². The molecular weight excluding hydrogens is 350 g/mol. The lowest BCUT2D eigenvalue weighted by Gasteiger charge is -2.19. The zero-order valence-corrected chi connectivity index (χ0v) is 15.6. The second-order valence-electron chi connectivity index (χ2n) is 6.63. The van der Waals surface area contributed by atoms with Crippen LogP contribution in [-0.2, 0) is 10.1 Å². The van der Waals surface area contributed by atoms with Gasteiger partial charge in [-0.15, -0.1) is 0 Å². The number of nitrogens with zero attached hydrogens (tertiary/aromatic N) is 1. The molecule has 2 aromatic carbocycles. The third-order valence-electron chi connectivity index (χ3n) is 4.71. The minimum absolute atomic E-state index is 0.102. The van der Waals surface area contributed by atoms with Gasteiger partial charge in [0.1, 0.15) is 12.4 Å². The highest BCUT2D eigenvalue weighted by Gasteiger charge is 2.10. The molecule has 140 valence electrons. The van der Waals surface area contributed by atoms with E-state index in [1.54, 1.807) is 12.1 Å². The molecule has 1 fully saturated rings. The molecule has 1 saturated heterocycles. The fourth-order valence-corrected chi connectivity index (χ4v) is 3.70. The van der Waals surface area contributed by atoms with Crippen LogP contribution < -0.4 is 4.74 Å². The van der Waals surface area contributed by atoms with Crippen LogP contribution in [0.25, 0.3) is 11.1 Å². The van der Waals surface area contributed by atoms with Crippen LogP contribution in [0.2, 0.25) is 0 Å². The SMILES string of the molecule is O=S(=O)(O)c1ccc(-c2ccc(OCCN3CCCCCC3)cc2)cc1. The summed E-state index contributed by atoms with van der Waals surface area (Å²) in [5.41, 5.74) is 1.85.